The van der Waals surface area contributed by atoms with E-state index in [0.717, 1.165) is 17.3 Å². The highest BCUT2D eigenvalue weighted by Gasteiger charge is 2.36. The molecule has 6 nitrogen and oxygen atoms in total. The minimum atomic E-state index is -4.68. The first-order valence-corrected chi connectivity index (χ1v) is 11.5. The van der Waals surface area contributed by atoms with Crippen LogP contribution in [0, 0.1) is 12.7 Å². The molecule has 0 radical (unpaired) electrons. The quantitative estimate of drug-likeness (QED) is 0.291. The van der Waals surface area contributed by atoms with Gasteiger partial charge in [-0.3, -0.25) is 9.69 Å². The lowest BCUT2D eigenvalue weighted by molar-refractivity contribution is -0.142. The van der Waals surface area contributed by atoms with Crippen molar-refractivity contribution in [2.75, 3.05) is 37.6 Å². The molecular weight excluding hydrogens is 474 g/mol. The first kappa shape index (κ1) is 23.9. The number of hydrogen-bond acceptors (Lipinski definition) is 5. The van der Waals surface area contributed by atoms with E-state index in [4.69, 9.17) is 0 Å². The topological polar surface area (TPSA) is 53.7 Å². The number of anilines is 1. The second kappa shape index (κ2) is 9.34. The summed E-state index contributed by atoms with van der Waals surface area (Å²) < 4.78 is 55.4. The van der Waals surface area contributed by atoms with Crippen LogP contribution in [0.1, 0.15) is 21.7 Å². The molecule has 0 atom stereocenters. The zero-order valence-electron chi connectivity index (χ0n) is 19.5. The molecule has 4 aromatic rings. The second-order valence-electron chi connectivity index (χ2n) is 8.85. The van der Waals surface area contributed by atoms with Gasteiger partial charge in [-0.05, 0) is 37.3 Å². The number of ketones is 1. The van der Waals surface area contributed by atoms with Gasteiger partial charge in [0, 0.05) is 43.5 Å². The van der Waals surface area contributed by atoms with Crippen molar-refractivity contribution < 1.29 is 22.4 Å². The Kier molecular flexibility index (Phi) is 6.21. The summed E-state index contributed by atoms with van der Waals surface area (Å²) in [6.07, 6.45) is -4.68. The molecule has 36 heavy (non-hydrogen) atoms. The SMILES string of the molecule is Cc1ccc(-c2cc(C(F)(F)F)n3nc(C(=O)CN4CCN(c5ccc(F)cc5)CC4)cc3n2)cc1. The number of fused-ring (bicyclic) bond motifs is 1. The molecule has 3 heterocycles. The molecule has 186 valence electrons. The Morgan fingerprint density at radius 3 is 2.25 bits per heavy atom. The summed E-state index contributed by atoms with van der Waals surface area (Å²) in [7, 11) is 0. The van der Waals surface area contributed by atoms with E-state index in [0.29, 0.717) is 36.3 Å². The fraction of sp³-hybridized carbons (Fsp3) is 0.269. The van der Waals surface area contributed by atoms with Crippen LogP contribution in [0.2, 0.25) is 0 Å². The van der Waals surface area contributed by atoms with Gasteiger partial charge in [0.15, 0.2) is 17.1 Å². The molecule has 0 bridgehead atoms. The number of aromatic nitrogens is 3. The monoisotopic (exact) mass is 497 g/mol. The van der Waals surface area contributed by atoms with Gasteiger partial charge in [-0.2, -0.15) is 18.3 Å². The fourth-order valence-electron chi connectivity index (χ4n) is 4.29. The van der Waals surface area contributed by atoms with Gasteiger partial charge in [0.1, 0.15) is 11.5 Å². The molecule has 2 aromatic carbocycles. The van der Waals surface area contributed by atoms with Crippen molar-refractivity contribution in [2.45, 2.75) is 13.1 Å². The fourth-order valence-corrected chi connectivity index (χ4v) is 4.29. The number of alkyl halides is 3. The number of carbonyl (C=O) groups excluding carboxylic acids is 1. The van der Waals surface area contributed by atoms with Crippen molar-refractivity contribution >= 4 is 17.1 Å². The first-order chi connectivity index (χ1) is 17.2. The van der Waals surface area contributed by atoms with E-state index in [1.807, 2.05) is 11.8 Å². The molecule has 1 fully saturated rings. The average Bonchev–Trinajstić information content (AvgIpc) is 3.29. The maximum atomic E-state index is 13.9. The predicted molar refractivity (Wildman–Crippen MR) is 128 cm³/mol. The van der Waals surface area contributed by atoms with Gasteiger partial charge in [-0.25, -0.2) is 13.9 Å². The number of halogens is 4. The third-order valence-corrected chi connectivity index (χ3v) is 6.28. The van der Waals surface area contributed by atoms with Gasteiger partial charge in [0.2, 0.25) is 0 Å². The molecular formula is C26H23F4N5O. The van der Waals surface area contributed by atoms with Gasteiger partial charge in [0.05, 0.1) is 12.2 Å². The molecule has 5 rings (SSSR count). The lowest BCUT2D eigenvalue weighted by atomic mass is 10.1. The van der Waals surface area contributed by atoms with Crippen LogP contribution in [-0.4, -0.2) is 58.0 Å². The van der Waals surface area contributed by atoms with Crippen molar-refractivity contribution in [3.05, 3.63) is 83.4 Å². The number of nitrogens with zero attached hydrogens (tertiary/aromatic N) is 5. The number of aryl methyl sites for hydroxylation is 1. The number of benzene rings is 2. The van der Waals surface area contributed by atoms with Gasteiger partial charge < -0.3 is 4.90 Å². The Bertz CT molecular complexity index is 1390. The molecule has 0 aliphatic carbocycles. The van der Waals surface area contributed by atoms with E-state index < -0.39 is 11.9 Å². The number of Topliss-reactive ketones (excluding diaryl/α,β-unsaturated/α-hetero) is 1. The summed E-state index contributed by atoms with van der Waals surface area (Å²) in [6.45, 7) is 4.38. The molecule has 10 heteroatoms. The van der Waals surface area contributed by atoms with Gasteiger partial charge >= 0.3 is 6.18 Å². The van der Waals surface area contributed by atoms with Crippen LogP contribution < -0.4 is 4.90 Å². The Morgan fingerprint density at radius 2 is 1.61 bits per heavy atom. The molecule has 1 aliphatic rings. The summed E-state index contributed by atoms with van der Waals surface area (Å²) in [5.41, 5.74) is 1.49. The molecule has 1 saturated heterocycles. The highest BCUT2D eigenvalue weighted by atomic mass is 19.4. The zero-order chi connectivity index (χ0) is 25.4. The minimum absolute atomic E-state index is 0.0350. The van der Waals surface area contributed by atoms with Gasteiger partial charge in [0.25, 0.3) is 0 Å². The van der Waals surface area contributed by atoms with Gasteiger partial charge in [-0.1, -0.05) is 29.8 Å². The number of rotatable bonds is 5. The van der Waals surface area contributed by atoms with Crippen LogP contribution >= 0.6 is 0 Å². The van der Waals surface area contributed by atoms with Crippen molar-refractivity contribution in [1.82, 2.24) is 19.5 Å². The van der Waals surface area contributed by atoms with Crippen molar-refractivity contribution in [3.63, 3.8) is 0 Å². The molecule has 2 aromatic heterocycles. The van der Waals surface area contributed by atoms with Crippen LogP contribution in [0.4, 0.5) is 23.2 Å². The molecule has 0 unspecified atom stereocenters. The van der Waals surface area contributed by atoms with Crippen LogP contribution in [-0.2, 0) is 6.18 Å². The van der Waals surface area contributed by atoms with E-state index in [1.54, 1.807) is 36.4 Å². The van der Waals surface area contributed by atoms with E-state index in [9.17, 15) is 22.4 Å². The van der Waals surface area contributed by atoms with Gasteiger partial charge in [-0.15, -0.1) is 0 Å². The largest absolute Gasteiger partial charge is 0.433 e. The Hall–Kier alpha value is -3.79. The van der Waals surface area contributed by atoms with E-state index in [2.05, 4.69) is 15.0 Å². The third-order valence-electron chi connectivity index (χ3n) is 6.28. The number of carbonyl (C=O) groups is 1. The van der Waals surface area contributed by atoms with Crippen LogP contribution in [0.5, 0.6) is 0 Å². The van der Waals surface area contributed by atoms with Crippen molar-refractivity contribution in [2.24, 2.45) is 0 Å². The molecule has 0 N–H and O–H groups in total. The zero-order valence-corrected chi connectivity index (χ0v) is 19.5. The molecule has 1 aliphatic heterocycles. The predicted octanol–water partition coefficient (Wildman–Crippen LogP) is 4.87. The van der Waals surface area contributed by atoms with Crippen molar-refractivity contribution in [3.8, 4) is 11.3 Å². The maximum Gasteiger partial charge on any atom is 0.433 e. The third kappa shape index (κ3) is 4.94. The summed E-state index contributed by atoms with van der Waals surface area (Å²) in [5.74, 6) is -0.676. The first-order valence-electron chi connectivity index (χ1n) is 11.5. The number of hydrogen-bond donors (Lipinski definition) is 0. The second-order valence-corrected chi connectivity index (χ2v) is 8.85. The van der Waals surface area contributed by atoms with Crippen LogP contribution in [0.25, 0.3) is 16.9 Å². The minimum Gasteiger partial charge on any atom is -0.369 e. The smallest absolute Gasteiger partial charge is 0.369 e. The summed E-state index contributed by atoms with van der Waals surface area (Å²) in [5, 5.41) is 3.98. The van der Waals surface area contributed by atoms with E-state index in [-0.39, 0.29) is 35.2 Å². The summed E-state index contributed by atoms with van der Waals surface area (Å²) in [6, 6.07) is 15.5. The average molecular weight is 497 g/mol. The Labute approximate surface area is 204 Å². The highest BCUT2D eigenvalue weighted by molar-refractivity contribution is 5.96. The lowest BCUT2D eigenvalue weighted by Crippen LogP contribution is -2.48. The Balaban J connectivity index is 1.35. The van der Waals surface area contributed by atoms with E-state index >= 15 is 0 Å². The van der Waals surface area contributed by atoms with Crippen molar-refractivity contribution in [1.29, 1.82) is 0 Å². The molecule has 0 amide bonds. The molecule has 0 saturated carbocycles. The normalized spacial score (nSPS) is 15.0. The lowest BCUT2D eigenvalue weighted by Gasteiger charge is -2.35. The standard InChI is InChI=1S/C26H23F4N5O/c1-17-2-4-18(5-3-17)21-14-24(26(28,29)30)35-25(31-21)15-22(32-35)23(36)16-33-10-12-34(13-11-33)20-8-6-19(27)7-9-20/h2-9,14-15H,10-13,16H2,1H3. The maximum absolute atomic E-state index is 13.9. The Morgan fingerprint density at radius 1 is 0.944 bits per heavy atom. The molecule has 0 spiro atoms. The van der Waals surface area contributed by atoms with Crippen LogP contribution in [0.3, 0.4) is 0 Å². The highest BCUT2D eigenvalue weighted by Crippen LogP contribution is 2.32. The van der Waals surface area contributed by atoms with Crippen LogP contribution in [0.15, 0.2) is 60.7 Å². The summed E-state index contributed by atoms with van der Waals surface area (Å²) in [4.78, 5) is 21.3. The number of piperazine rings is 1. The summed E-state index contributed by atoms with van der Waals surface area (Å²) >= 11 is 0. The van der Waals surface area contributed by atoms with E-state index in [1.165, 1.54) is 18.2 Å².